The third kappa shape index (κ3) is 4.29. The van der Waals surface area contributed by atoms with Crippen LogP contribution in [0.15, 0.2) is 30.3 Å². The first-order valence-corrected chi connectivity index (χ1v) is 8.20. The van der Waals surface area contributed by atoms with Crippen LogP contribution < -0.4 is 5.32 Å². The zero-order chi connectivity index (χ0) is 15.3. The molecule has 3 heteroatoms. The van der Waals surface area contributed by atoms with E-state index in [9.17, 15) is 0 Å². The smallest absolute Gasteiger partial charge is 0.0597 e. The number of benzene rings is 1. The number of ether oxygens (including phenoxy) is 1. The fourth-order valence-corrected chi connectivity index (χ4v) is 2.98. The van der Waals surface area contributed by atoms with Gasteiger partial charge in [0.2, 0.25) is 0 Å². The number of piperazine rings is 1. The molecule has 0 amide bonds. The summed E-state index contributed by atoms with van der Waals surface area (Å²) in [6.45, 7) is 12.7. The lowest BCUT2D eigenvalue weighted by atomic mass is 9.90. The second-order valence-electron chi connectivity index (χ2n) is 6.56. The molecule has 1 aliphatic rings. The molecule has 0 aromatic heterocycles. The summed E-state index contributed by atoms with van der Waals surface area (Å²) >= 11 is 0. The van der Waals surface area contributed by atoms with Crippen molar-refractivity contribution in [3.63, 3.8) is 0 Å². The maximum atomic E-state index is 5.76. The van der Waals surface area contributed by atoms with Crippen LogP contribution in [0.1, 0.15) is 45.7 Å². The molecule has 1 aromatic rings. The van der Waals surface area contributed by atoms with Gasteiger partial charge in [0.25, 0.3) is 0 Å². The lowest BCUT2D eigenvalue weighted by Crippen LogP contribution is -2.60. The lowest BCUT2D eigenvalue weighted by molar-refractivity contribution is 0.00203. The number of nitrogens with one attached hydrogen (secondary N) is 1. The van der Waals surface area contributed by atoms with Gasteiger partial charge in [0.15, 0.2) is 0 Å². The minimum atomic E-state index is 0.228. The average Bonchev–Trinajstić information content (AvgIpc) is 2.50. The Balaban J connectivity index is 2.02. The van der Waals surface area contributed by atoms with Gasteiger partial charge in [-0.1, -0.05) is 37.3 Å². The van der Waals surface area contributed by atoms with Crippen LogP contribution >= 0.6 is 0 Å². The predicted octanol–water partition coefficient (Wildman–Crippen LogP) is 3.23. The topological polar surface area (TPSA) is 24.5 Å². The summed E-state index contributed by atoms with van der Waals surface area (Å²) in [5.74, 6) is 0. The Hall–Kier alpha value is -0.900. The van der Waals surface area contributed by atoms with Crippen molar-refractivity contribution in [1.29, 1.82) is 0 Å². The highest BCUT2D eigenvalue weighted by atomic mass is 16.5. The second kappa shape index (κ2) is 7.39. The van der Waals surface area contributed by atoms with E-state index in [1.54, 1.807) is 0 Å². The quantitative estimate of drug-likeness (QED) is 0.870. The molecule has 0 radical (unpaired) electrons. The van der Waals surface area contributed by atoms with Crippen molar-refractivity contribution in [2.24, 2.45) is 0 Å². The molecule has 1 aromatic carbocycles. The van der Waals surface area contributed by atoms with Gasteiger partial charge < -0.3 is 10.1 Å². The molecular formula is C18H30N2O. The molecule has 1 heterocycles. The van der Waals surface area contributed by atoms with E-state index in [1.165, 1.54) is 5.56 Å². The second-order valence-corrected chi connectivity index (χ2v) is 6.56. The van der Waals surface area contributed by atoms with Crippen LogP contribution in [0.3, 0.4) is 0 Å². The van der Waals surface area contributed by atoms with Crippen molar-refractivity contribution in [2.75, 3.05) is 26.2 Å². The maximum Gasteiger partial charge on any atom is 0.0597 e. The van der Waals surface area contributed by atoms with Crippen LogP contribution in [0.25, 0.3) is 0 Å². The summed E-state index contributed by atoms with van der Waals surface area (Å²) in [6, 6.07) is 11.2. The highest BCUT2D eigenvalue weighted by Crippen LogP contribution is 2.28. The SMILES string of the molecule is CCC1(C)CNC(c2ccccc2)CN1CCOC(C)C. The van der Waals surface area contributed by atoms with Gasteiger partial charge >= 0.3 is 0 Å². The standard InChI is InChI=1S/C18H30N2O/c1-5-18(4)14-19-17(16-9-7-6-8-10-16)13-20(18)11-12-21-15(2)3/h6-10,15,17,19H,5,11-14H2,1-4H3. The molecule has 2 atom stereocenters. The van der Waals surface area contributed by atoms with Gasteiger partial charge in [-0.3, -0.25) is 4.90 Å². The summed E-state index contributed by atoms with van der Waals surface area (Å²) in [6.07, 6.45) is 1.47. The zero-order valence-electron chi connectivity index (χ0n) is 13.9. The number of rotatable bonds is 6. The molecule has 3 nitrogen and oxygen atoms in total. The van der Waals surface area contributed by atoms with Gasteiger partial charge in [-0.25, -0.2) is 0 Å². The first-order valence-electron chi connectivity index (χ1n) is 8.20. The van der Waals surface area contributed by atoms with Crippen LogP contribution in [0.2, 0.25) is 0 Å². The summed E-state index contributed by atoms with van der Waals surface area (Å²) < 4.78 is 5.76. The Morgan fingerprint density at radius 1 is 1.33 bits per heavy atom. The van der Waals surface area contributed by atoms with E-state index >= 15 is 0 Å². The van der Waals surface area contributed by atoms with Crippen LogP contribution in [0.5, 0.6) is 0 Å². The van der Waals surface area contributed by atoms with E-state index < -0.39 is 0 Å². The van der Waals surface area contributed by atoms with Gasteiger partial charge in [-0.2, -0.15) is 0 Å². The molecule has 1 aliphatic heterocycles. The Labute approximate surface area is 129 Å². The van der Waals surface area contributed by atoms with Crippen molar-refractivity contribution >= 4 is 0 Å². The molecule has 0 saturated carbocycles. The van der Waals surface area contributed by atoms with Crippen molar-refractivity contribution < 1.29 is 4.74 Å². The Bertz CT molecular complexity index is 420. The molecule has 2 rings (SSSR count). The predicted molar refractivity (Wildman–Crippen MR) is 88.5 cm³/mol. The molecule has 21 heavy (non-hydrogen) atoms. The molecule has 0 spiro atoms. The first-order chi connectivity index (χ1) is 10.0. The van der Waals surface area contributed by atoms with Crippen LogP contribution in [-0.2, 0) is 4.74 Å². The van der Waals surface area contributed by atoms with Crippen molar-refractivity contribution in [3.05, 3.63) is 35.9 Å². The van der Waals surface area contributed by atoms with E-state index in [1.807, 2.05) is 0 Å². The maximum absolute atomic E-state index is 5.76. The summed E-state index contributed by atoms with van der Waals surface area (Å²) in [5, 5.41) is 3.72. The van der Waals surface area contributed by atoms with E-state index in [2.05, 4.69) is 68.2 Å². The molecule has 1 saturated heterocycles. The largest absolute Gasteiger partial charge is 0.377 e. The highest BCUT2D eigenvalue weighted by molar-refractivity contribution is 5.20. The molecule has 1 fully saturated rings. The number of nitrogens with zero attached hydrogens (tertiary/aromatic N) is 1. The minimum Gasteiger partial charge on any atom is -0.377 e. The average molecular weight is 290 g/mol. The number of hydrogen-bond donors (Lipinski definition) is 1. The summed E-state index contributed by atoms with van der Waals surface area (Å²) in [5.41, 5.74) is 1.61. The minimum absolute atomic E-state index is 0.228. The van der Waals surface area contributed by atoms with Gasteiger partial charge in [-0.15, -0.1) is 0 Å². The van der Waals surface area contributed by atoms with E-state index in [0.717, 1.165) is 32.7 Å². The molecule has 118 valence electrons. The van der Waals surface area contributed by atoms with Crippen LogP contribution in [0.4, 0.5) is 0 Å². The normalized spacial score (nSPS) is 27.2. The van der Waals surface area contributed by atoms with Crippen molar-refractivity contribution in [3.8, 4) is 0 Å². The summed E-state index contributed by atoms with van der Waals surface area (Å²) in [7, 11) is 0. The molecule has 2 unspecified atom stereocenters. The van der Waals surface area contributed by atoms with Gasteiger partial charge in [0, 0.05) is 31.2 Å². The lowest BCUT2D eigenvalue weighted by Gasteiger charge is -2.48. The van der Waals surface area contributed by atoms with Crippen molar-refractivity contribution in [2.45, 2.75) is 51.8 Å². The Morgan fingerprint density at radius 2 is 2.05 bits per heavy atom. The van der Waals surface area contributed by atoms with Gasteiger partial charge in [0.1, 0.15) is 0 Å². The van der Waals surface area contributed by atoms with Crippen LogP contribution in [0, 0.1) is 0 Å². The fourth-order valence-electron chi connectivity index (χ4n) is 2.98. The third-order valence-corrected chi connectivity index (χ3v) is 4.67. The molecule has 0 aliphatic carbocycles. The molecule has 0 bridgehead atoms. The monoisotopic (exact) mass is 290 g/mol. The van der Waals surface area contributed by atoms with Gasteiger partial charge in [0.05, 0.1) is 12.7 Å². The summed E-state index contributed by atoms with van der Waals surface area (Å²) in [4.78, 5) is 2.60. The zero-order valence-corrected chi connectivity index (χ0v) is 13.9. The fraction of sp³-hybridized carbons (Fsp3) is 0.667. The van der Waals surface area contributed by atoms with E-state index in [-0.39, 0.29) is 5.54 Å². The van der Waals surface area contributed by atoms with Gasteiger partial charge in [-0.05, 0) is 32.8 Å². The number of hydrogen-bond acceptors (Lipinski definition) is 3. The van der Waals surface area contributed by atoms with Crippen LogP contribution in [-0.4, -0.2) is 42.8 Å². The third-order valence-electron chi connectivity index (χ3n) is 4.67. The van der Waals surface area contributed by atoms with E-state index in [4.69, 9.17) is 4.74 Å². The Morgan fingerprint density at radius 3 is 2.67 bits per heavy atom. The Kier molecular flexibility index (Phi) is 5.80. The molecule has 1 N–H and O–H groups in total. The first kappa shape index (κ1) is 16.5. The van der Waals surface area contributed by atoms with E-state index in [0.29, 0.717) is 12.1 Å². The molecular weight excluding hydrogens is 260 g/mol. The highest BCUT2D eigenvalue weighted by Gasteiger charge is 2.36. The van der Waals surface area contributed by atoms with Crippen molar-refractivity contribution in [1.82, 2.24) is 10.2 Å².